The highest BCUT2D eigenvalue weighted by molar-refractivity contribution is 5.80. The maximum absolute atomic E-state index is 13.5. The smallest absolute Gasteiger partial charge is 0.226 e. The standard InChI is InChI=1S/C27H32N4O/c1-2-3-4-8-12-25-21-24(22-10-6-5-7-11-22)15-20-31(25)26(32)23-13-18-30(19-14-23)27-28-16-9-17-29-27/h2,5-7,9-11,16-17,23-25H,1,3-4,13-15,18-21H2/t24-,25+/m0/s1. The van der Waals surface area contributed by atoms with Crippen LogP contribution >= 0.6 is 0 Å². The summed E-state index contributed by atoms with van der Waals surface area (Å²) in [5.74, 6) is 8.28. The van der Waals surface area contributed by atoms with Gasteiger partial charge >= 0.3 is 0 Å². The number of hydrogen-bond donors (Lipinski definition) is 0. The number of likely N-dealkylation sites (tertiary alicyclic amines) is 1. The Morgan fingerprint density at radius 1 is 1.06 bits per heavy atom. The van der Waals surface area contributed by atoms with E-state index in [0.29, 0.717) is 5.92 Å². The van der Waals surface area contributed by atoms with Crippen molar-refractivity contribution in [2.45, 2.75) is 50.5 Å². The van der Waals surface area contributed by atoms with Gasteiger partial charge in [0.25, 0.3) is 0 Å². The van der Waals surface area contributed by atoms with Crippen molar-refractivity contribution in [2.75, 3.05) is 24.5 Å². The minimum Gasteiger partial charge on any atom is -0.341 e. The van der Waals surface area contributed by atoms with E-state index in [4.69, 9.17) is 0 Å². The summed E-state index contributed by atoms with van der Waals surface area (Å²) >= 11 is 0. The van der Waals surface area contributed by atoms with E-state index in [1.807, 2.05) is 12.1 Å². The van der Waals surface area contributed by atoms with Crippen LogP contribution in [-0.2, 0) is 4.79 Å². The monoisotopic (exact) mass is 428 g/mol. The first kappa shape index (κ1) is 22.1. The van der Waals surface area contributed by atoms with Gasteiger partial charge in [-0.25, -0.2) is 9.97 Å². The minimum atomic E-state index is -0.0123. The molecule has 0 radical (unpaired) electrons. The number of unbranched alkanes of at least 4 members (excludes halogenated alkanes) is 1. The Balaban J connectivity index is 1.42. The van der Waals surface area contributed by atoms with Crippen molar-refractivity contribution in [2.24, 2.45) is 5.92 Å². The van der Waals surface area contributed by atoms with Gasteiger partial charge in [-0.15, -0.1) is 12.5 Å². The van der Waals surface area contributed by atoms with Crippen LogP contribution in [0, 0.1) is 17.8 Å². The second-order valence-electron chi connectivity index (χ2n) is 8.64. The molecule has 0 saturated carbocycles. The van der Waals surface area contributed by atoms with E-state index in [1.54, 1.807) is 12.4 Å². The van der Waals surface area contributed by atoms with Crippen molar-refractivity contribution in [3.8, 4) is 11.8 Å². The lowest BCUT2D eigenvalue weighted by Crippen LogP contribution is -2.49. The molecule has 2 fully saturated rings. The van der Waals surface area contributed by atoms with Gasteiger partial charge in [-0.2, -0.15) is 0 Å². The van der Waals surface area contributed by atoms with E-state index in [0.717, 1.165) is 64.1 Å². The van der Waals surface area contributed by atoms with Crippen molar-refractivity contribution < 1.29 is 4.79 Å². The highest BCUT2D eigenvalue weighted by Crippen LogP contribution is 2.33. The molecule has 0 spiro atoms. The highest BCUT2D eigenvalue weighted by Gasteiger charge is 2.36. The molecule has 0 unspecified atom stereocenters. The van der Waals surface area contributed by atoms with Crippen molar-refractivity contribution in [1.82, 2.24) is 14.9 Å². The van der Waals surface area contributed by atoms with Gasteiger partial charge in [0, 0.05) is 44.4 Å². The number of allylic oxidation sites excluding steroid dienone is 1. The molecule has 2 aliphatic heterocycles. The second kappa shape index (κ2) is 10.9. The van der Waals surface area contributed by atoms with Crippen molar-refractivity contribution in [1.29, 1.82) is 0 Å². The summed E-state index contributed by atoms with van der Waals surface area (Å²) < 4.78 is 0. The molecule has 5 nitrogen and oxygen atoms in total. The summed E-state index contributed by atoms with van der Waals surface area (Å²) in [6, 6.07) is 12.5. The van der Waals surface area contributed by atoms with E-state index >= 15 is 0 Å². The summed E-state index contributed by atoms with van der Waals surface area (Å²) in [5, 5.41) is 0. The molecule has 1 amide bonds. The quantitative estimate of drug-likeness (QED) is 0.401. The van der Waals surface area contributed by atoms with E-state index in [1.165, 1.54) is 5.56 Å². The van der Waals surface area contributed by atoms with Crippen molar-refractivity contribution in [3.63, 3.8) is 0 Å². The predicted octanol–water partition coefficient (Wildman–Crippen LogP) is 4.44. The van der Waals surface area contributed by atoms with Crippen LogP contribution in [0.25, 0.3) is 0 Å². The van der Waals surface area contributed by atoms with Crippen LogP contribution in [0.1, 0.15) is 50.0 Å². The van der Waals surface area contributed by atoms with Gasteiger partial charge < -0.3 is 9.80 Å². The number of carbonyl (C=O) groups is 1. The van der Waals surface area contributed by atoms with Gasteiger partial charge in [0.05, 0.1) is 6.04 Å². The maximum Gasteiger partial charge on any atom is 0.226 e. The Hall–Kier alpha value is -3.13. The largest absolute Gasteiger partial charge is 0.341 e. The molecule has 32 heavy (non-hydrogen) atoms. The van der Waals surface area contributed by atoms with Crippen LogP contribution < -0.4 is 4.90 Å². The zero-order chi connectivity index (χ0) is 22.2. The fourth-order valence-electron chi connectivity index (χ4n) is 4.77. The van der Waals surface area contributed by atoms with Crippen LogP contribution in [0.3, 0.4) is 0 Å². The van der Waals surface area contributed by atoms with Crippen LogP contribution in [0.4, 0.5) is 5.95 Å². The van der Waals surface area contributed by atoms with E-state index < -0.39 is 0 Å². The van der Waals surface area contributed by atoms with Crippen LogP contribution in [0.2, 0.25) is 0 Å². The Kier molecular flexibility index (Phi) is 7.55. The minimum absolute atomic E-state index is 0.0123. The Bertz CT molecular complexity index is 942. The number of carbonyl (C=O) groups excluding carboxylic acids is 1. The van der Waals surface area contributed by atoms with Gasteiger partial charge in [-0.3, -0.25) is 4.79 Å². The zero-order valence-electron chi connectivity index (χ0n) is 18.7. The molecule has 1 aromatic heterocycles. The third kappa shape index (κ3) is 5.37. The Morgan fingerprint density at radius 3 is 2.53 bits per heavy atom. The molecule has 2 saturated heterocycles. The summed E-state index contributed by atoms with van der Waals surface area (Å²) in [6.45, 7) is 6.19. The average molecular weight is 429 g/mol. The number of amides is 1. The van der Waals surface area contributed by atoms with Crippen LogP contribution in [-0.4, -0.2) is 46.5 Å². The van der Waals surface area contributed by atoms with E-state index in [-0.39, 0.29) is 17.9 Å². The first-order valence-electron chi connectivity index (χ1n) is 11.7. The highest BCUT2D eigenvalue weighted by atomic mass is 16.2. The predicted molar refractivity (Wildman–Crippen MR) is 128 cm³/mol. The molecular weight excluding hydrogens is 396 g/mol. The number of piperidine rings is 2. The van der Waals surface area contributed by atoms with Gasteiger partial charge in [-0.1, -0.05) is 42.3 Å². The molecular formula is C27H32N4O. The summed E-state index contributed by atoms with van der Waals surface area (Å²) in [4.78, 5) is 26.5. The molecule has 1 aromatic carbocycles. The van der Waals surface area contributed by atoms with Gasteiger partial charge in [0.2, 0.25) is 11.9 Å². The Morgan fingerprint density at radius 2 is 1.81 bits per heavy atom. The molecule has 0 aliphatic carbocycles. The van der Waals surface area contributed by atoms with Gasteiger partial charge in [0.1, 0.15) is 0 Å². The van der Waals surface area contributed by atoms with Gasteiger partial charge in [-0.05, 0) is 49.7 Å². The number of rotatable bonds is 5. The average Bonchev–Trinajstić information content (AvgIpc) is 2.87. The van der Waals surface area contributed by atoms with Crippen LogP contribution in [0.5, 0.6) is 0 Å². The normalized spacial score (nSPS) is 21.5. The first-order valence-corrected chi connectivity index (χ1v) is 11.7. The molecule has 4 rings (SSSR count). The molecule has 3 heterocycles. The lowest BCUT2D eigenvalue weighted by atomic mass is 9.84. The van der Waals surface area contributed by atoms with E-state index in [2.05, 4.69) is 68.5 Å². The summed E-state index contributed by atoms with van der Waals surface area (Å²) in [6.07, 6.45) is 10.7. The molecule has 2 aliphatic rings. The number of hydrogen-bond acceptors (Lipinski definition) is 4. The number of anilines is 1. The molecule has 5 heteroatoms. The summed E-state index contributed by atoms with van der Waals surface area (Å²) in [5.41, 5.74) is 1.36. The fourth-order valence-corrected chi connectivity index (χ4v) is 4.77. The third-order valence-electron chi connectivity index (χ3n) is 6.58. The SMILES string of the molecule is C=CCCC#C[C@@H]1C[C@@H](c2ccccc2)CCN1C(=O)C1CCN(c2ncccn2)CC1. The van der Waals surface area contributed by atoms with E-state index in [9.17, 15) is 4.79 Å². The molecule has 2 atom stereocenters. The number of benzene rings is 1. The maximum atomic E-state index is 13.5. The Labute approximate surface area is 191 Å². The van der Waals surface area contributed by atoms with Crippen molar-refractivity contribution in [3.05, 3.63) is 67.0 Å². The molecule has 0 bridgehead atoms. The fraction of sp³-hybridized carbons (Fsp3) is 0.444. The topological polar surface area (TPSA) is 49.3 Å². The lowest BCUT2D eigenvalue weighted by molar-refractivity contribution is -0.138. The molecule has 2 aromatic rings. The van der Waals surface area contributed by atoms with Crippen LogP contribution in [0.15, 0.2) is 61.4 Å². The lowest BCUT2D eigenvalue weighted by Gasteiger charge is -2.40. The molecule has 166 valence electrons. The summed E-state index contributed by atoms with van der Waals surface area (Å²) in [7, 11) is 0. The molecule has 0 N–H and O–H groups in total. The number of nitrogens with zero attached hydrogens (tertiary/aromatic N) is 4. The van der Waals surface area contributed by atoms with Gasteiger partial charge in [0.15, 0.2) is 0 Å². The van der Waals surface area contributed by atoms with Crippen molar-refractivity contribution >= 4 is 11.9 Å². The number of aromatic nitrogens is 2. The third-order valence-corrected chi connectivity index (χ3v) is 6.58. The zero-order valence-corrected chi connectivity index (χ0v) is 18.7. The first-order chi connectivity index (χ1) is 15.8. The second-order valence-corrected chi connectivity index (χ2v) is 8.64.